The third kappa shape index (κ3) is 3.30. The van der Waals surface area contributed by atoms with Crippen molar-refractivity contribution in [1.29, 1.82) is 0 Å². The number of fused-ring (bicyclic) bond motifs is 1. The van der Waals surface area contributed by atoms with Gasteiger partial charge in [0.25, 0.3) is 15.6 Å². The van der Waals surface area contributed by atoms with Crippen LogP contribution in [0, 0.1) is 0 Å². The molecule has 2 aliphatic rings. The molecule has 2 aliphatic heterocycles. The molecule has 0 aliphatic carbocycles. The Morgan fingerprint density at radius 2 is 2.04 bits per heavy atom. The number of nitrogens with zero attached hydrogens (tertiary/aromatic N) is 4. The van der Waals surface area contributed by atoms with E-state index in [0.29, 0.717) is 17.9 Å². The quantitative estimate of drug-likeness (QED) is 0.788. The van der Waals surface area contributed by atoms with Gasteiger partial charge < -0.3 is 9.47 Å². The van der Waals surface area contributed by atoms with Crippen LogP contribution in [-0.4, -0.2) is 54.8 Å². The van der Waals surface area contributed by atoms with Gasteiger partial charge in [0.15, 0.2) is 5.84 Å². The maximum atomic E-state index is 12.3. The predicted octanol–water partition coefficient (Wildman–Crippen LogP) is 1.04. The molecule has 2 aromatic rings. The van der Waals surface area contributed by atoms with Crippen molar-refractivity contribution in [3.8, 4) is 0 Å². The molecule has 0 amide bonds. The Labute approximate surface area is 158 Å². The third-order valence-corrected chi connectivity index (χ3v) is 6.64. The fraction of sp³-hybridized carbons (Fsp3) is 0.368. The standard InChI is InChI=1S/C19H22N4O3S/c1-21-9-7-14(11-18(21)24)12-23-10-8-15(13-23)22(2)19-16-5-3-4-6-17(16)27(25,26)20-19/h3-7,9,11,15H,8,10,12-13H2,1-2H3. The molecule has 0 N–H and O–H groups in total. The SMILES string of the molecule is CN(C1=NS(=O)(=O)c2ccccc21)C1CCN(Cc2ccn(C)c(=O)c2)C1. The lowest BCUT2D eigenvalue weighted by Crippen LogP contribution is -2.39. The lowest BCUT2D eigenvalue weighted by molar-refractivity contribution is 0.295. The molecule has 0 spiro atoms. The van der Waals surface area contributed by atoms with Crippen molar-refractivity contribution in [3.63, 3.8) is 0 Å². The molecule has 1 aromatic carbocycles. The summed E-state index contributed by atoms with van der Waals surface area (Å²) in [6.07, 6.45) is 2.70. The summed E-state index contributed by atoms with van der Waals surface area (Å²) in [6, 6.07) is 10.8. The topological polar surface area (TPSA) is 75.0 Å². The number of likely N-dealkylation sites (N-methyl/N-ethyl adjacent to an activating group) is 1. The Morgan fingerprint density at radius 3 is 2.81 bits per heavy atom. The molecule has 4 rings (SSSR count). The van der Waals surface area contributed by atoms with Crippen molar-refractivity contribution < 1.29 is 8.42 Å². The molecule has 0 radical (unpaired) electrons. The van der Waals surface area contributed by atoms with Gasteiger partial charge in [0.2, 0.25) is 0 Å². The first-order valence-electron chi connectivity index (χ1n) is 8.90. The number of pyridine rings is 1. The van der Waals surface area contributed by atoms with Crippen LogP contribution in [0.1, 0.15) is 17.5 Å². The fourth-order valence-electron chi connectivity index (χ4n) is 3.73. The molecule has 1 unspecified atom stereocenters. The smallest absolute Gasteiger partial charge is 0.285 e. The van der Waals surface area contributed by atoms with Crippen LogP contribution in [0.5, 0.6) is 0 Å². The van der Waals surface area contributed by atoms with Crippen molar-refractivity contribution in [2.75, 3.05) is 20.1 Å². The maximum absolute atomic E-state index is 12.3. The second-order valence-electron chi connectivity index (χ2n) is 7.16. The second-order valence-corrected chi connectivity index (χ2v) is 8.73. The number of hydrogen-bond donors (Lipinski definition) is 0. The summed E-state index contributed by atoms with van der Waals surface area (Å²) in [7, 11) is 0.0383. The molecule has 7 nitrogen and oxygen atoms in total. The zero-order valence-corrected chi connectivity index (χ0v) is 16.2. The number of rotatable bonds is 3. The Balaban J connectivity index is 1.49. The highest BCUT2D eigenvalue weighted by molar-refractivity contribution is 7.90. The molecule has 142 valence electrons. The predicted molar refractivity (Wildman–Crippen MR) is 103 cm³/mol. The summed E-state index contributed by atoms with van der Waals surface area (Å²) >= 11 is 0. The maximum Gasteiger partial charge on any atom is 0.285 e. The largest absolute Gasteiger partial charge is 0.354 e. The average molecular weight is 386 g/mol. The summed E-state index contributed by atoms with van der Waals surface area (Å²) in [6.45, 7) is 2.40. The van der Waals surface area contributed by atoms with Crippen LogP contribution < -0.4 is 5.56 Å². The summed E-state index contributed by atoms with van der Waals surface area (Å²) < 4.78 is 30.2. The number of sulfonamides is 1. The summed E-state index contributed by atoms with van der Waals surface area (Å²) in [5, 5.41) is 0. The average Bonchev–Trinajstić information content (AvgIpc) is 3.21. The van der Waals surface area contributed by atoms with Crippen LogP contribution in [-0.2, 0) is 23.6 Å². The van der Waals surface area contributed by atoms with Gasteiger partial charge >= 0.3 is 0 Å². The third-order valence-electron chi connectivity index (χ3n) is 5.32. The van der Waals surface area contributed by atoms with E-state index >= 15 is 0 Å². The van der Waals surface area contributed by atoms with Crippen LogP contribution >= 0.6 is 0 Å². The molecular formula is C19H22N4O3S. The fourth-order valence-corrected chi connectivity index (χ4v) is 4.97. The number of hydrogen-bond acceptors (Lipinski definition) is 5. The van der Waals surface area contributed by atoms with Crippen molar-refractivity contribution in [1.82, 2.24) is 14.4 Å². The van der Waals surface area contributed by atoms with Crippen molar-refractivity contribution in [3.05, 3.63) is 64.1 Å². The first-order chi connectivity index (χ1) is 12.8. The second kappa shape index (κ2) is 6.61. The van der Waals surface area contributed by atoms with Gasteiger partial charge in [0.05, 0.1) is 0 Å². The number of aromatic nitrogens is 1. The van der Waals surface area contributed by atoms with Crippen LogP contribution in [0.15, 0.2) is 56.7 Å². The Kier molecular flexibility index (Phi) is 4.39. The van der Waals surface area contributed by atoms with Gasteiger partial charge in [-0.25, -0.2) is 0 Å². The first kappa shape index (κ1) is 17.9. The number of amidine groups is 1. The van der Waals surface area contributed by atoms with E-state index in [4.69, 9.17) is 0 Å². The van der Waals surface area contributed by atoms with Gasteiger partial charge in [-0.1, -0.05) is 12.1 Å². The van der Waals surface area contributed by atoms with Crippen molar-refractivity contribution in [2.45, 2.75) is 23.9 Å². The lowest BCUT2D eigenvalue weighted by atomic mass is 10.1. The van der Waals surface area contributed by atoms with Gasteiger partial charge in [-0.3, -0.25) is 9.69 Å². The normalized spacial score (nSPS) is 21.1. The van der Waals surface area contributed by atoms with Gasteiger partial charge in [0, 0.05) is 57.6 Å². The summed E-state index contributed by atoms with van der Waals surface area (Å²) in [4.78, 5) is 16.3. The van der Waals surface area contributed by atoms with Gasteiger partial charge in [0.1, 0.15) is 4.90 Å². The lowest BCUT2D eigenvalue weighted by Gasteiger charge is -2.26. The van der Waals surface area contributed by atoms with E-state index < -0.39 is 10.0 Å². The molecular weight excluding hydrogens is 364 g/mol. The van der Waals surface area contributed by atoms with E-state index in [2.05, 4.69) is 9.30 Å². The van der Waals surface area contributed by atoms with Gasteiger partial charge in [-0.15, -0.1) is 4.40 Å². The van der Waals surface area contributed by atoms with Crippen LogP contribution in [0.25, 0.3) is 0 Å². The molecule has 0 bridgehead atoms. The molecule has 1 aromatic heterocycles. The van der Waals surface area contributed by atoms with Crippen LogP contribution in [0.2, 0.25) is 0 Å². The highest BCUT2D eigenvalue weighted by atomic mass is 32.2. The molecule has 8 heteroatoms. The van der Waals surface area contributed by atoms with Crippen molar-refractivity contribution in [2.24, 2.45) is 11.4 Å². The zero-order chi connectivity index (χ0) is 19.2. The molecule has 3 heterocycles. The van der Waals surface area contributed by atoms with Gasteiger partial charge in [-0.2, -0.15) is 8.42 Å². The van der Waals surface area contributed by atoms with E-state index in [0.717, 1.165) is 25.1 Å². The minimum atomic E-state index is -3.60. The van der Waals surface area contributed by atoms with E-state index in [9.17, 15) is 13.2 Å². The summed E-state index contributed by atoms with van der Waals surface area (Å²) in [5.41, 5.74) is 1.65. The van der Waals surface area contributed by atoms with E-state index in [1.807, 2.05) is 30.1 Å². The Morgan fingerprint density at radius 1 is 1.26 bits per heavy atom. The molecule has 27 heavy (non-hydrogen) atoms. The molecule has 0 saturated carbocycles. The Bertz CT molecular complexity index is 1070. The van der Waals surface area contributed by atoms with Crippen LogP contribution in [0.4, 0.5) is 0 Å². The minimum Gasteiger partial charge on any atom is -0.354 e. The molecule has 1 fully saturated rings. The minimum absolute atomic E-state index is 0.0116. The van der Waals surface area contributed by atoms with E-state index in [1.165, 1.54) is 0 Å². The number of aryl methyl sites for hydroxylation is 1. The molecule has 1 saturated heterocycles. The van der Waals surface area contributed by atoms with Crippen molar-refractivity contribution >= 4 is 15.9 Å². The highest BCUT2D eigenvalue weighted by Crippen LogP contribution is 2.29. The number of benzene rings is 1. The van der Waals surface area contributed by atoms with E-state index in [-0.39, 0.29) is 16.5 Å². The van der Waals surface area contributed by atoms with E-state index in [1.54, 1.807) is 36.0 Å². The zero-order valence-electron chi connectivity index (χ0n) is 15.4. The summed E-state index contributed by atoms with van der Waals surface area (Å²) in [5.74, 6) is 0.519. The number of likely N-dealkylation sites (tertiary alicyclic amines) is 1. The highest BCUT2D eigenvalue weighted by Gasteiger charge is 2.35. The monoisotopic (exact) mass is 386 g/mol. The van der Waals surface area contributed by atoms with Crippen LogP contribution in [0.3, 0.4) is 0 Å². The van der Waals surface area contributed by atoms with Gasteiger partial charge in [-0.05, 0) is 30.2 Å². The first-order valence-corrected chi connectivity index (χ1v) is 10.3. The molecule has 1 atom stereocenters. The Hall–Kier alpha value is -2.45.